The minimum absolute atomic E-state index is 0.473. The maximum absolute atomic E-state index is 4.43. The van der Waals surface area contributed by atoms with Crippen LogP contribution in [0.2, 0.25) is 0 Å². The van der Waals surface area contributed by atoms with Crippen LogP contribution in [-0.4, -0.2) is 17.7 Å². The lowest BCUT2D eigenvalue weighted by Gasteiger charge is -2.14. The van der Waals surface area contributed by atoms with Crippen molar-refractivity contribution in [1.82, 2.24) is 4.98 Å². The molecule has 3 heteroatoms. The van der Waals surface area contributed by atoms with E-state index in [1.165, 1.54) is 0 Å². The maximum atomic E-state index is 4.43. The van der Waals surface area contributed by atoms with E-state index in [9.17, 15) is 0 Å². The SMILES string of the molecule is CC(=NN(C)c1ccccn1)C(C)C.CC(C)C. The van der Waals surface area contributed by atoms with E-state index in [2.05, 4.69) is 44.7 Å². The number of rotatable bonds is 3. The highest BCUT2D eigenvalue weighted by Gasteiger charge is 2.02. The first kappa shape index (κ1) is 16.6. The Bertz CT molecular complexity index is 339. The molecule has 1 aromatic heterocycles. The van der Waals surface area contributed by atoms with Gasteiger partial charge in [-0.05, 0) is 30.9 Å². The van der Waals surface area contributed by atoms with Crippen LogP contribution in [0.3, 0.4) is 0 Å². The number of hydrazone groups is 1. The van der Waals surface area contributed by atoms with Crippen LogP contribution in [0.1, 0.15) is 41.5 Å². The fourth-order valence-corrected chi connectivity index (χ4v) is 0.948. The topological polar surface area (TPSA) is 28.5 Å². The molecular formula is C15H27N3. The summed E-state index contributed by atoms with van der Waals surface area (Å²) in [5, 5.41) is 6.24. The Labute approximate surface area is 112 Å². The lowest BCUT2D eigenvalue weighted by atomic mass is 10.1. The van der Waals surface area contributed by atoms with Gasteiger partial charge in [0.05, 0.1) is 0 Å². The molecular weight excluding hydrogens is 222 g/mol. The summed E-state index contributed by atoms with van der Waals surface area (Å²) in [4.78, 5) is 4.21. The average Bonchev–Trinajstić information content (AvgIpc) is 2.29. The molecule has 1 heterocycles. The first-order valence-electron chi connectivity index (χ1n) is 6.54. The van der Waals surface area contributed by atoms with Gasteiger partial charge in [-0.2, -0.15) is 5.10 Å². The molecule has 0 aliphatic heterocycles. The molecule has 0 saturated carbocycles. The monoisotopic (exact) mass is 249 g/mol. The molecule has 0 amide bonds. The van der Waals surface area contributed by atoms with Crippen molar-refractivity contribution in [2.24, 2.45) is 16.9 Å². The van der Waals surface area contributed by atoms with Gasteiger partial charge in [0.2, 0.25) is 0 Å². The van der Waals surface area contributed by atoms with Crippen molar-refractivity contribution in [3.8, 4) is 0 Å². The van der Waals surface area contributed by atoms with Crippen LogP contribution in [0.15, 0.2) is 29.5 Å². The normalized spacial score (nSPS) is 11.3. The van der Waals surface area contributed by atoms with Crippen LogP contribution < -0.4 is 5.01 Å². The molecule has 102 valence electrons. The van der Waals surface area contributed by atoms with Crippen LogP contribution in [-0.2, 0) is 0 Å². The van der Waals surface area contributed by atoms with E-state index in [1.807, 2.05) is 32.2 Å². The molecule has 3 nitrogen and oxygen atoms in total. The van der Waals surface area contributed by atoms with Crippen LogP contribution >= 0.6 is 0 Å². The lowest BCUT2D eigenvalue weighted by molar-refractivity contribution is 0.737. The highest BCUT2D eigenvalue weighted by molar-refractivity contribution is 5.84. The van der Waals surface area contributed by atoms with Gasteiger partial charge in [-0.15, -0.1) is 0 Å². The summed E-state index contributed by atoms with van der Waals surface area (Å²) >= 11 is 0. The minimum atomic E-state index is 0.473. The Morgan fingerprint density at radius 2 is 1.72 bits per heavy atom. The third-order valence-electron chi connectivity index (χ3n) is 2.12. The van der Waals surface area contributed by atoms with Crippen molar-refractivity contribution < 1.29 is 0 Å². The molecule has 0 aliphatic carbocycles. The molecule has 0 atom stereocenters. The molecule has 0 aromatic carbocycles. The molecule has 0 bridgehead atoms. The van der Waals surface area contributed by atoms with E-state index in [0.717, 1.165) is 17.4 Å². The first-order chi connectivity index (χ1) is 8.34. The van der Waals surface area contributed by atoms with Gasteiger partial charge in [0, 0.05) is 19.0 Å². The van der Waals surface area contributed by atoms with E-state index in [-0.39, 0.29) is 0 Å². The van der Waals surface area contributed by atoms with Crippen molar-refractivity contribution in [2.75, 3.05) is 12.1 Å². The smallest absolute Gasteiger partial charge is 0.148 e. The van der Waals surface area contributed by atoms with E-state index in [1.54, 1.807) is 11.2 Å². The van der Waals surface area contributed by atoms with E-state index in [4.69, 9.17) is 0 Å². The van der Waals surface area contributed by atoms with E-state index in [0.29, 0.717) is 5.92 Å². The van der Waals surface area contributed by atoms with Crippen molar-refractivity contribution >= 4 is 11.5 Å². The summed E-state index contributed by atoms with van der Waals surface area (Å²) in [6.45, 7) is 12.8. The van der Waals surface area contributed by atoms with Gasteiger partial charge >= 0.3 is 0 Å². The van der Waals surface area contributed by atoms with Crippen molar-refractivity contribution in [3.63, 3.8) is 0 Å². The average molecular weight is 249 g/mol. The second kappa shape index (κ2) is 8.67. The fourth-order valence-electron chi connectivity index (χ4n) is 0.948. The highest BCUT2D eigenvalue weighted by Crippen LogP contribution is 2.08. The van der Waals surface area contributed by atoms with E-state index < -0.39 is 0 Å². The van der Waals surface area contributed by atoms with Gasteiger partial charge < -0.3 is 0 Å². The Morgan fingerprint density at radius 1 is 1.17 bits per heavy atom. The Morgan fingerprint density at radius 3 is 2.11 bits per heavy atom. The van der Waals surface area contributed by atoms with Gasteiger partial charge in [-0.3, -0.25) is 5.01 Å². The summed E-state index contributed by atoms with van der Waals surface area (Å²) in [7, 11) is 1.91. The number of nitrogens with zero attached hydrogens (tertiary/aromatic N) is 3. The summed E-state index contributed by atoms with van der Waals surface area (Å²) in [5.74, 6) is 2.17. The third kappa shape index (κ3) is 7.82. The van der Waals surface area contributed by atoms with Gasteiger partial charge in [0.25, 0.3) is 0 Å². The Hall–Kier alpha value is -1.38. The van der Waals surface area contributed by atoms with Gasteiger partial charge in [-0.25, -0.2) is 4.98 Å². The molecule has 1 rings (SSSR count). The molecule has 18 heavy (non-hydrogen) atoms. The largest absolute Gasteiger partial charge is 0.251 e. The van der Waals surface area contributed by atoms with Gasteiger partial charge in [0.1, 0.15) is 5.82 Å². The highest BCUT2D eigenvalue weighted by atomic mass is 15.5. The van der Waals surface area contributed by atoms with Crippen LogP contribution in [0, 0.1) is 11.8 Å². The van der Waals surface area contributed by atoms with Gasteiger partial charge in [0.15, 0.2) is 0 Å². The van der Waals surface area contributed by atoms with E-state index >= 15 is 0 Å². The summed E-state index contributed by atoms with van der Waals surface area (Å²) in [5.41, 5.74) is 1.11. The molecule has 0 fully saturated rings. The Balaban J connectivity index is 0.000000631. The number of pyridine rings is 1. The number of hydrogen-bond donors (Lipinski definition) is 0. The van der Waals surface area contributed by atoms with Crippen molar-refractivity contribution in [1.29, 1.82) is 0 Å². The molecule has 0 N–H and O–H groups in total. The summed E-state index contributed by atoms with van der Waals surface area (Å²) in [6.07, 6.45) is 1.77. The molecule has 0 saturated heterocycles. The number of aromatic nitrogens is 1. The fraction of sp³-hybridized carbons (Fsp3) is 0.600. The zero-order valence-corrected chi connectivity index (χ0v) is 12.8. The second-order valence-electron chi connectivity index (χ2n) is 5.34. The van der Waals surface area contributed by atoms with Crippen LogP contribution in [0.4, 0.5) is 5.82 Å². The van der Waals surface area contributed by atoms with Gasteiger partial charge in [-0.1, -0.05) is 40.7 Å². The number of hydrogen-bond acceptors (Lipinski definition) is 3. The quantitative estimate of drug-likeness (QED) is 0.593. The summed E-state index contributed by atoms with van der Waals surface area (Å²) < 4.78 is 0. The zero-order valence-electron chi connectivity index (χ0n) is 12.8. The predicted octanol–water partition coefficient (Wildman–Crippen LogP) is 4.21. The zero-order chi connectivity index (χ0) is 14.1. The number of anilines is 1. The molecule has 0 unspecified atom stereocenters. The molecule has 1 aromatic rings. The van der Waals surface area contributed by atoms with Crippen molar-refractivity contribution in [2.45, 2.75) is 41.5 Å². The Kier molecular flexibility index (Phi) is 8.01. The first-order valence-corrected chi connectivity index (χ1v) is 6.54. The van der Waals surface area contributed by atoms with Crippen molar-refractivity contribution in [3.05, 3.63) is 24.4 Å². The maximum Gasteiger partial charge on any atom is 0.148 e. The molecule has 0 spiro atoms. The third-order valence-corrected chi connectivity index (χ3v) is 2.12. The predicted molar refractivity (Wildman–Crippen MR) is 81.1 cm³/mol. The lowest BCUT2D eigenvalue weighted by Crippen LogP contribution is -2.15. The molecule has 0 radical (unpaired) electrons. The second-order valence-corrected chi connectivity index (χ2v) is 5.34. The standard InChI is InChI=1S/C11H17N3.C4H10/c1-9(2)10(3)13-14(4)11-7-5-6-8-12-11;1-4(2)3/h5-9H,1-4H3;4H,1-3H3. The van der Waals surface area contributed by atoms with Crippen LogP contribution in [0.5, 0.6) is 0 Å². The summed E-state index contributed by atoms with van der Waals surface area (Å²) in [6, 6.07) is 5.80. The minimum Gasteiger partial charge on any atom is -0.251 e. The van der Waals surface area contributed by atoms with Crippen LogP contribution in [0.25, 0.3) is 0 Å². The molecule has 0 aliphatic rings.